The number of benzene rings is 1. The molecule has 0 spiro atoms. The lowest BCUT2D eigenvalue weighted by molar-refractivity contribution is 0.171. The van der Waals surface area contributed by atoms with Gasteiger partial charge in [0.05, 0.1) is 30.1 Å². The number of ether oxygens (including phenoxy) is 1. The van der Waals surface area contributed by atoms with E-state index in [4.69, 9.17) is 9.26 Å². The van der Waals surface area contributed by atoms with Gasteiger partial charge in [-0.2, -0.15) is 10.1 Å². The second-order valence-corrected chi connectivity index (χ2v) is 8.33. The fourth-order valence-electron chi connectivity index (χ4n) is 4.03. The minimum atomic E-state index is 0.423. The van der Waals surface area contributed by atoms with Gasteiger partial charge in [0.25, 0.3) is 5.89 Å². The van der Waals surface area contributed by atoms with Gasteiger partial charge in [-0.05, 0) is 18.4 Å². The van der Waals surface area contributed by atoms with Gasteiger partial charge < -0.3 is 14.6 Å². The fraction of sp³-hybridized carbons (Fsp3) is 0.522. The Kier molecular flexibility index (Phi) is 6.59. The highest BCUT2D eigenvalue weighted by Crippen LogP contribution is 2.33. The van der Waals surface area contributed by atoms with Crippen LogP contribution in [0.15, 0.2) is 35.0 Å². The Hall–Kier alpha value is -2.51. The molecule has 3 aromatic rings. The molecule has 1 N–H and O–H groups in total. The lowest BCUT2D eigenvalue weighted by atomic mass is 9.95. The van der Waals surface area contributed by atoms with E-state index in [1.807, 2.05) is 18.3 Å². The molecule has 0 bridgehead atoms. The van der Waals surface area contributed by atoms with Crippen molar-refractivity contribution in [3.8, 4) is 22.8 Å². The summed E-state index contributed by atoms with van der Waals surface area (Å²) in [6.45, 7) is 5.60. The number of hydrogen-bond donors (Lipinski definition) is 1. The number of aromatic nitrogens is 4. The third-order valence-corrected chi connectivity index (χ3v) is 5.68. The van der Waals surface area contributed by atoms with Crippen LogP contribution in [0.3, 0.4) is 0 Å². The van der Waals surface area contributed by atoms with Gasteiger partial charge >= 0.3 is 0 Å². The lowest BCUT2D eigenvalue weighted by Crippen LogP contribution is -2.21. The van der Waals surface area contributed by atoms with Crippen LogP contribution in [0.1, 0.15) is 63.3 Å². The summed E-state index contributed by atoms with van der Waals surface area (Å²) in [5.41, 5.74) is 4.03. The van der Waals surface area contributed by atoms with E-state index in [2.05, 4.69) is 51.2 Å². The summed E-state index contributed by atoms with van der Waals surface area (Å²) >= 11 is 0. The van der Waals surface area contributed by atoms with Crippen molar-refractivity contribution < 1.29 is 9.26 Å². The third kappa shape index (κ3) is 4.63. The molecule has 0 saturated heterocycles. The predicted octanol–water partition coefficient (Wildman–Crippen LogP) is 4.75. The number of rotatable bonds is 8. The van der Waals surface area contributed by atoms with Crippen LogP contribution in [-0.4, -0.2) is 33.1 Å². The second kappa shape index (κ2) is 9.53. The molecule has 0 atom stereocenters. The number of nitrogens with one attached hydrogen (secondary N) is 1. The largest absolute Gasteiger partial charge is 0.378 e. The first-order chi connectivity index (χ1) is 14.7. The molecular weight excluding hydrogens is 378 g/mol. The second-order valence-electron chi connectivity index (χ2n) is 8.33. The Balaban J connectivity index is 1.55. The number of hydrogen-bond acceptors (Lipinski definition) is 6. The molecule has 1 saturated carbocycles. The van der Waals surface area contributed by atoms with E-state index < -0.39 is 0 Å². The molecule has 0 amide bonds. The van der Waals surface area contributed by atoms with E-state index in [0.717, 1.165) is 36.2 Å². The van der Waals surface area contributed by atoms with E-state index >= 15 is 0 Å². The smallest absolute Gasteiger partial charge is 0.261 e. The summed E-state index contributed by atoms with van der Waals surface area (Å²) in [7, 11) is 1.71. The van der Waals surface area contributed by atoms with Gasteiger partial charge in [0.15, 0.2) is 0 Å². The maximum atomic E-state index is 5.62. The molecule has 7 heteroatoms. The topological polar surface area (TPSA) is 78.0 Å². The van der Waals surface area contributed by atoms with Gasteiger partial charge in [0.2, 0.25) is 5.82 Å². The van der Waals surface area contributed by atoms with Crippen LogP contribution in [0.4, 0.5) is 0 Å². The zero-order valence-electron chi connectivity index (χ0n) is 18.1. The minimum absolute atomic E-state index is 0.423. The van der Waals surface area contributed by atoms with Crippen LogP contribution in [-0.2, 0) is 17.9 Å². The molecule has 1 aliphatic carbocycles. The van der Waals surface area contributed by atoms with Crippen molar-refractivity contribution >= 4 is 0 Å². The van der Waals surface area contributed by atoms with Gasteiger partial charge in [-0.3, -0.25) is 4.68 Å². The molecule has 2 heterocycles. The van der Waals surface area contributed by atoms with Crippen LogP contribution in [0.2, 0.25) is 0 Å². The highest BCUT2D eigenvalue weighted by Gasteiger charge is 2.24. The van der Waals surface area contributed by atoms with Gasteiger partial charge in [0.1, 0.15) is 0 Å². The SMILES string of the molecule is COCc1c(-c2nc(-c3ccc(CNC(C)C)cc3)no2)cnn1C1CCCCC1. The molecule has 30 heavy (non-hydrogen) atoms. The molecular formula is C23H31N5O2. The highest BCUT2D eigenvalue weighted by molar-refractivity contribution is 5.61. The first-order valence-corrected chi connectivity index (χ1v) is 10.9. The van der Waals surface area contributed by atoms with Crippen LogP contribution in [0.5, 0.6) is 0 Å². The fourth-order valence-corrected chi connectivity index (χ4v) is 4.03. The average molecular weight is 410 g/mol. The summed E-state index contributed by atoms with van der Waals surface area (Å²) in [5, 5.41) is 12.3. The normalized spacial score (nSPS) is 15.2. The number of nitrogens with zero attached hydrogens (tertiary/aromatic N) is 4. The van der Waals surface area contributed by atoms with E-state index in [-0.39, 0.29) is 0 Å². The molecule has 7 nitrogen and oxygen atoms in total. The third-order valence-electron chi connectivity index (χ3n) is 5.68. The van der Waals surface area contributed by atoms with Crippen molar-refractivity contribution in [2.24, 2.45) is 0 Å². The van der Waals surface area contributed by atoms with E-state index in [1.54, 1.807) is 7.11 Å². The standard InChI is InChI=1S/C23H31N5O2/c1-16(2)24-13-17-9-11-18(12-10-17)22-26-23(30-27-22)20-14-25-28(21(20)15-29-3)19-7-5-4-6-8-19/h9-12,14,16,19,24H,4-8,13,15H2,1-3H3. The maximum Gasteiger partial charge on any atom is 0.261 e. The summed E-state index contributed by atoms with van der Waals surface area (Å²) in [6.07, 6.45) is 7.96. The van der Waals surface area contributed by atoms with Crippen molar-refractivity contribution in [3.63, 3.8) is 0 Å². The monoisotopic (exact) mass is 409 g/mol. The molecule has 0 aliphatic heterocycles. The molecule has 4 rings (SSSR count). The van der Waals surface area contributed by atoms with Crippen molar-refractivity contribution in [1.82, 2.24) is 25.2 Å². The lowest BCUT2D eigenvalue weighted by Gasteiger charge is -2.24. The Morgan fingerprint density at radius 3 is 2.63 bits per heavy atom. The average Bonchev–Trinajstić information content (AvgIpc) is 3.41. The van der Waals surface area contributed by atoms with Crippen molar-refractivity contribution in [2.75, 3.05) is 7.11 Å². The van der Waals surface area contributed by atoms with Gasteiger partial charge in [-0.15, -0.1) is 0 Å². The van der Waals surface area contributed by atoms with E-state index in [1.165, 1.54) is 24.8 Å². The maximum absolute atomic E-state index is 5.62. The molecule has 1 aliphatic rings. The molecule has 0 unspecified atom stereocenters. The van der Waals surface area contributed by atoms with Crippen LogP contribution in [0, 0.1) is 0 Å². The first kappa shape index (κ1) is 20.8. The summed E-state index contributed by atoms with van der Waals surface area (Å²) < 4.78 is 13.2. The van der Waals surface area contributed by atoms with Crippen LogP contribution < -0.4 is 5.32 Å². The molecule has 0 radical (unpaired) electrons. The van der Waals surface area contributed by atoms with E-state index in [0.29, 0.717) is 30.4 Å². The van der Waals surface area contributed by atoms with E-state index in [9.17, 15) is 0 Å². The Morgan fingerprint density at radius 2 is 1.93 bits per heavy atom. The van der Waals surface area contributed by atoms with Crippen LogP contribution in [0.25, 0.3) is 22.8 Å². The Labute approximate surface area is 177 Å². The molecule has 1 aromatic carbocycles. The van der Waals surface area contributed by atoms with Gasteiger partial charge in [0, 0.05) is 25.3 Å². The zero-order chi connectivity index (χ0) is 20.9. The highest BCUT2D eigenvalue weighted by atomic mass is 16.5. The zero-order valence-corrected chi connectivity index (χ0v) is 18.1. The molecule has 160 valence electrons. The summed E-state index contributed by atoms with van der Waals surface area (Å²) in [6, 6.07) is 9.14. The summed E-state index contributed by atoms with van der Waals surface area (Å²) in [4.78, 5) is 4.65. The number of methoxy groups -OCH3 is 1. The van der Waals surface area contributed by atoms with Gasteiger partial charge in [-0.25, -0.2) is 0 Å². The Bertz CT molecular complexity index is 939. The summed E-state index contributed by atoms with van der Waals surface area (Å²) in [5.74, 6) is 1.08. The van der Waals surface area contributed by atoms with Crippen molar-refractivity contribution in [2.45, 2.75) is 71.2 Å². The van der Waals surface area contributed by atoms with Crippen molar-refractivity contribution in [1.29, 1.82) is 0 Å². The minimum Gasteiger partial charge on any atom is -0.378 e. The predicted molar refractivity (Wildman–Crippen MR) is 116 cm³/mol. The molecule has 1 fully saturated rings. The van der Waals surface area contributed by atoms with Gasteiger partial charge in [-0.1, -0.05) is 62.5 Å². The van der Waals surface area contributed by atoms with Crippen LogP contribution >= 0.6 is 0 Å². The first-order valence-electron chi connectivity index (χ1n) is 10.9. The van der Waals surface area contributed by atoms with Crippen molar-refractivity contribution in [3.05, 3.63) is 41.7 Å². The quantitative estimate of drug-likeness (QED) is 0.578. The molecule has 2 aromatic heterocycles. The Morgan fingerprint density at radius 1 is 1.17 bits per heavy atom.